The second kappa shape index (κ2) is 24.0. The van der Waals surface area contributed by atoms with Gasteiger partial charge in [-0.25, -0.2) is 14.4 Å². The van der Waals surface area contributed by atoms with Crippen molar-refractivity contribution in [3.63, 3.8) is 0 Å². The number of aliphatic hydroxyl groups is 1. The zero-order chi connectivity index (χ0) is 41.7. The minimum atomic E-state index is -1.05. The monoisotopic (exact) mass is 796 g/mol. The average molecular weight is 797 g/mol. The summed E-state index contributed by atoms with van der Waals surface area (Å²) in [4.78, 5) is 65.0. The molecular formula is C45H56N4O9. The lowest BCUT2D eigenvalue weighted by Gasteiger charge is -2.24. The molecule has 58 heavy (non-hydrogen) atoms. The highest BCUT2D eigenvalue weighted by Gasteiger charge is 2.31. The highest BCUT2D eigenvalue weighted by Crippen LogP contribution is 2.44. The summed E-state index contributed by atoms with van der Waals surface area (Å²) in [5, 5.41) is 20.3. The lowest BCUT2D eigenvalue weighted by atomic mass is 9.98. The quantitative estimate of drug-likeness (QED) is 0.0312. The summed E-state index contributed by atoms with van der Waals surface area (Å²) in [6.07, 6.45) is 3.96. The van der Waals surface area contributed by atoms with Gasteiger partial charge in [0.2, 0.25) is 11.8 Å². The van der Waals surface area contributed by atoms with Gasteiger partial charge in [-0.3, -0.25) is 9.59 Å². The molecule has 310 valence electrons. The van der Waals surface area contributed by atoms with Crippen LogP contribution in [0.5, 0.6) is 0 Å². The molecule has 13 heteroatoms. The predicted molar refractivity (Wildman–Crippen MR) is 220 cm³/mol. The van der Waals surface area contributed by atoms with Gasteiger partial charge in [-0.15, -0.1) is 13.2 Å². The summed E-state index contributed by atoms with van der Waals surface area (Å²) in [6, 6.07) is 23.1. The maximum absolute atomic E-state index is 13.5. The molecule has 1 aliphatic carbocycles. The number of hydrogen-bond donors (Lipinski definition) is 5. The number of ether oxygens (including phenoxy) is 3. The van der Waals surface area contributed by atoms with E-state index < -0.39 is 54.0 Å². The molecule has 0 bridgehead atoms. The van der Waals surface area contributed by atoms with Crippen molar-refractivity contribution >= 4 is 30.0 Å². The number of unbranched alkanes of at least 4 members (excludes halogenated alkanes) is 1. The molecule has 0 aliphatic heterocycles. The predicted octanol–water partition coefficient (Wildman–Crippen LogP) is 6.06. The standard InChI is InChI=1S/C45H56N4O9/c1-4-6-24-40(49-45(55)58-30-39-37-22-12-10-20-35(37)36-21-11-13-23-38(36)39)43(53)56-29-34(48-42(52)33(16-5-2)26-41(51)47-31(3)27-50)19-14-15-25-46-44(54)57-28-32-17-8-7-9-18-32/h4-5,7-13,17-18,20-23,31,33-34,39-40,50H,1-2,6,14-16,19,24-30H2,3H3,(H,46,54)(H,47,51)(H,48,52)(H,49,55). The molecule has 0 aromatic heterocycles. The Balaban J connectivity index is 1.35. The zero-order valence-corrected chi connectivity index (χ0v) is 33.2. The highest BCUT2D eigenvalue weighted by atomic mass is 16.6. The van der Waals surface area contributed by atoms with Gasteiger partial charge >= 0.3 is 18.2 Å². The van der Waals surface area contributed by atoms with Crippen molar-refractivity contribution in [3.8, 4) is 11.1 Å². The van der Waals surface area contributed by atoms with Crippen LogP contribution < -0.4 is 21.3 Å². The van der Waals surface area contributed by atoms with Crippen molar-refractivity contribution in [2.45, 2.75) is 82.5 Å². The van der Waals surface area contributed by atoms with Crippen LogP contribution in [0, 0.1) is 5.92 Å². The van der Waals surface area contributed by atoms with Crippen molar-refractivity contribution in [3.05, 3.63) is 121 Å². The van der Waals surface area contributed by atoms with Crippen LogP contribution in [0.4, 0.5) is 9.59 Å². The summed E-state index contributed by atoms with van der Waals surface area (Å²) in [5.41, 5.74) is 5.16. The van der Waals surface area contributed by atoms with Gasteiger partial charge in [0.05, 0.1) is 18.6 Å². The Morgan fingerprint density at radius 3 is 2.10 bits per heavy atom. The van der Waals surface area contributed by atoms with Crippen molar-refractivity contribution in [1.82, 2.24) is 21.3 Å². The van der Waals surface area contributed by atoms with Crippen LogP contribution in [-0.4, -0.2) is 79.6 Å². The van der Waals surface area contributed by atoms with Crippen LogP contribution in [0.25, 0.3) is 11.1 Å². The van der Waals surface area contributed by atoms with Gasteiger partial charge in [-0.1, -0.05) is 91.0 Å². The zero-order valence-electron chi connectivity index (χ0n) is 33.2. The topological polar surface area (TPSA) is 181 Å². The SMILES string of the molecule is C=CCCC(NC(=O)OCC1c2ccccc2-c2ccccc21)C(=O)OCC(CCCCNC(=O)OCc1ccccc1)NC(=O)C(CC=C)CC(=O)NC(C)CO. The number of amides is 4. The van der Waals surface area contributed by atoms with E-state index in [0.717, 1.165) is 27.8 Å². The Morgan fingerprint density at radius 2 is 1.45 bits per heavy atom. The largest absolute Gasteiger partial charge is 0.462 e. The normalized spacial score (nSPS) is 13.6. The van der Waals surface area contributed by atoms with Crippen molar-refractivity contribution < 1.29 is 43.3 Å². The molecular weight excluding hydrogens is 741 g/mol. The summed E-state index contributed by atoms with van der Waals surface area (Å²) in [7, 11) is 0. The number of allylic oxidation sites excluding steroid dienone is 2. The van der Waals surface area contributed by atoms with E-state index in [1.54, 1.807) is 19.1 Å². The number of alkyl carbamates (subject to hydrolysis) is 2. The summed E-state index contributed by atoms with van der Waals surface area (Å²) in [5.74, 6) is -2.47. The molecule has 4 rings (SSSR count). The smallest absolute Gasteiger partial charge is 0.407 e. The lowest BCUT2D eigenvalue weighted by molar-refractivity contribution is -0.147. The van der Waals surface area contributed by atoms with Gasteiger partial charge in [0, 0.05) is 24.9 Å². The van der Waals surface area contributed by atoms with Crippen LogP contribution in [0.3, 0.4) is 0 Å². The van der Waals surface area contributed by atoms with Gasteiger partial charge in [-0.2, -0.15) is 0 Å². The number of nitrogens with one attached hydrogen (secondary N) is 4. The molecule has 0 spiro atoms. The van der Waals surface area contributed by atoms with Crippen molar-refractivity contribution in [2.75, 3.05) is 26.4 Å². The number of aliphatic hydroxyl groups excluding tert-OH is 1. The van der Waals surface area contributed by atoms with Crippen molar-refractivity contribution in [2.24, 2.45) is 5.92 Å². The second-order valence-corrected chi connectivity index (χ2v) is 14.3. The number of rotatable bonds is 24. The van der Waals surface area contributed by atoms with Crippen molar-refractivity contribution in [1.29, 1.82) is 0 Å². The third-order valence-corrected chi connectivity index (χ3v) is 9.75. The van der Waals surface area contributed by atoms with E-state index >= 15 is 0 Å². The molecule has 0 fully saturated rings. The Bertz CT molecular complexity index is 1790. The minimum absolute atomic E-state index is 0.0691. The highest BCUT2D eigenvalue weighted by molar-refractivity contribution is 5.86. The molecule has 13 nitrogen and oxygen atoms in total. The van der Waals surface area contributed by atoms with Crippen LogP contribution >= 0.6 is 0 Å². The van der Waals surface area contributed by atoms with Crippen LogP contribution in [0.1, 0.15) is 74.5 Å². The Labute approximate surface area is 340 Å². The molecule has 0 radical (unpaired) electrons. The van der Waals surface area contributed by atoms with E-state index in [9.17, 15) is 29.1 Å². The number of esters is 1. The van der Waals surface area contributed by atoms with E-state index in [4.69, 9.17) is 14.2 Å². The molecule has 1 aliphatic rings. The molecule has 3 aromatic rings. The fourth-order valence-electron chi connectivity index (χ4n) is 6.68. The minimum Gasteiger partial charge on any atom is -0.462 e. The van der Waals surface area contributed by atoms with E-state index in [1.165, 1.54) is 0 Å². The number of hydrogen-bond acceptors (Lipinski definition) is 9. The van der Waals surface area contributed by atoms with Gasteiger partial charge < -0.3 is 40.6 Å². The van der Waals surface area contributed by atoms with Gasteiger partial charge in [0.15, 0.2) is 0 Å². The first-order chi connectivity index (χ1) is 28.1. The molecule has 3 aromatic carbocycles. The van der Waals surface area contributed by atoms with E-state index in [1.807, 2.05) is 78.9 Å². The first-order valence-electron chi connectivity index (χ1n) is 19.8. The molecule has 4 amide bonds. The summed E-state index contributed by atoms with van der Waals surface area (Å²) >= 11 is 0. The average Bonchev–Trinajstić information content (AvgIpc) is 3.55. The van der Waals surface area contributed by atoms with Crippen LogP contribution in [0.2, 0.25) is 0 Å². The number of fused-ring (bicyclic) bond motifs is 3. The first kappa shape index (κ1) is 44.8. The maximum atomic E-state index is 13.5. The lowest BCUT2D eigenvalue weighted by Crippen LogP contribution is -2.46. The van der Waals surface area contributed by atoms with Gasteiger partial charge in [0.25, 0.3) is 0 Å². The number of carbonyl (C=O) groups is 5. The summed E-state index contributed by atoms with van der Waals surface area (Å²) in [6.45, 7) is 9.16. The number of carbonyl (C=O) groups excluding carboxylic acids is 5. The molecule has 0 saturated heterocycles. The fraction of sp³-hybridized carbons (Fsp3) is 0.400. The molecule has 0 heterocycles. The van der Waals surface area contributed by atoms with Gasteiger partial charge in [-0.05, 0) is 73.3 Å². The first-order valence-corrected chi connectivity index (χ1v) is 19.8. The molecule has 4 unspecified atom stereocenters. The second-order valence-electron chi connectivity index (χ2n) is 14.3. The molecule has 5 N–H and O–H groups in total. The van der Waals surface area contributed by atoms with Crippen LogP contribution in [-0.2, 0) is 35.2 Å². The van der Waals surface area contributed by atoms with E-state index in [-0.39, 0.29) is 51.6 Å². The van der Waals surface area contributed by atoms with E-state index in [2.05, 4.69) is 34.4 Å². The Kier molecular flexibility index (Phi) is 18.5. The molecule has 0 saturated carbocycles. The number of benzene rings is 3. The van der Waals surface area contributed by atoms with E-state index in [0.29, 0.717) is 32.2 Å². The Hall–Kier alpha value is -5.95. The van der Waals surface area contributed by atoms with Gasteiger partial charge in [0.1, 0.15) is 25.9 Å². The summed E-state index contributed by atoms with van der Waals surface area (Å²) < 4.78 is 16.7. The maximum Gasteiger partial charge on any atom is 0.407 e. The van der Waals surface area contributed by atoms with Crippen LogP contribution in [0.15, 0.2) is 104 Å². The Morgan fingerprint density at radius 1 is 0.776 bits per heavy atom. The molecule has 4 atom stereocenters. The fourth-order valence-corrected chi connectivity index (χ4v) is 6.68. The third kappa shape index (κ3) is 14.2. The third-order valence-electron chi connectivity index (χ3n) is 9.75.